The Labute approximate surface area is 74.6 Å². The lowest BCUT2D eigenvalue weighted by molar-refractivity contribution is 0.0698. The molecule has 0 spiro atoms. The van der Waals surface area contributed by atoms with Crippen LogP contribution in [-0.4, -0.2) is 17.3 Å². The Kier molecular flexibility index (Phi) is 2.60. The van der Waals surface area contributed by atoms with Gasteiger partial charge in [0.25, 0.3) is 0 Å². The van der Waals surface area contributed by atoms with Crippen LogP contribution in [0.15, 0.2) is 23.1 Å². The van der Waals surface area contributed by atoms with Gasteiger partial charge in [-0.25, -0.2) is 4.79 Å². The summed E-state index contributed by atoms with van der Waals surface area (Å²) in [6.07, 6.45) is 1.89. The highest BCUT2D eigenvalue weighted by molar-refractivity contribution is 7.98. The van der Waals surface area contributed by atoms with Gasteiger partial charge in [0.15, 0.2) is 0 Å². The first-order chi connectivity index (χ1) is 5.65. The summed E-state index contributed by atoms with van der Waals surface area (Å²) in [6, 6.07) is 4.98. The second kappa shape index (κ2) is 3.49. The topological polar surface area (TPSA) is 63.3 Å². The molecule has 0 aromatic heterocycles. The lowest BCUT2D eigenvalue weighted by Crippen LogP contribution is -2.01. The Morgan fingerprint density at radius 1 is 1.58 bits per heavy atom. The number of nitrogen functional groups attached to an aromatic ring is 1. The number of carboxylic acids is 1. The molecule has 1 aromatic rings. The van der Waals surface area contributed by atoms with E-state index >= 15 is 0 Å². The molecule has 0 saturated carbocycles. The maximum atomic E-state index is 10.6. The molecule has 0 heterocycles. The molecule has 64 valence electrons. The van der Waals surface area contributed by atoms with E-state index in [0.29, 0.717) is 5.69 Å². The first-order valence-electron chi connectivity index (χ1n) is 3.32. The fourth-order valence-corrected chi connectivity index (χ4v) is 1.29. The van der Waals surface area contributed by atoms with E-state index in [1.54, 1.807) is 18.2 Å². The lowest BCUT2D eigenvalue weighted by atomic mass is 10.2. The number of rotatable bonds is 2. The molecule has 0 unspecified atom stereocenters. The highest BCUT2D eigenvalue weighted by Gasteiger charge is 2.07. The van der Waals surface area contributed by atoms with Gasteiger partial charge in [-0.2, -0.15) is 0 Å². The van der Waals surface area contributed by atoms with E-state index in [1.807, 2.05) is 6.26 Å². The number of benzene rings is 1. The third-order valence-electron chi connectivity index (χ3n) is 1.49. The van der Waals surface area contributed by atoms with E-state index in [9.17, 15) is 4.79 Å². The highest BCUT2D eigenvalue weighted by atomic mass is 32.2. The summed E-state index contributed by atoms with van der Waals surface area (Å²) in [5, 5.41) is 8.70. The molecule has 0 saturated heterocycles. The fourth-order valence-electron chi connectivity index (χ4n) is 0.848. The van der Waals surface area contributed by atoms with Gasteiger partial charge in [0, 0.05) is 10.6 Å². The first kappa shape index (κ1) is 8.93. The third kappa shape index (κ3) is 1.71. The Morgan fingerprint density at radius 2 is 2.25 bits per heavy atom. The van der Waals surface area contributed by atoms with Crippen LogP contribution >= 0.6 is 11.8 Å². The zero-order valence-electron chi connectivity index (χ0n) is 6.57. The molecule has 3 nitrogen and oxygen atoms in total. The maximum absolute atomic E-state index is 10.6. The van der Waals surface area contributed by atoms with E-state index in [0.717, 1.165) is 4.90 Å². The summed E-state index contributed by atoms with van der Waals surface area (Å²) >= 11 is 1.49. The van der Waals surface area contributed by atoms with Crippen molar-refractivity contribution in [2.24, 2.45) is 0 Å². The standard InChI is InChI=1S/C8H9NO2S/c1-12-5-2-3-7(9)6(4-5)8(10)11/h2-4H,9H2,1H3,(H,10,11). The summed E-state index contributed by atoms with van der Waals surface area (Å²) in [4.78, 5) is 11.5. The Balaban J connectivity index is 3.17. The number of thioether (sulfide) groups is 1. The molecule has 0 aliphatic heterocycles. The van der Waals surface area contributed by atoms with Gasteiger partial charge in [-0.1, -0.05) is 0 Å². The van der Waals surface area contributed by atoms with Gasteiger partial charge < -0.3 is 10.8 Å². The van der Waals surface area contributed by atoms with Crippen molar-refractivity contribution < 1.29 is 9.90 Å². The molecular formula is C8H9NO2S. The van der Waals surface area contributed by atoms with Crippen molar-refractivity contribution in [2.45, 2.75) is 4.90 Å². The van der Waals surface area contributed by atoms with Crippen LogP contribution in [0.5, 0.6) is 0 Å². The number of hydrogen-bond acceptors (Lipinski definition) is 3. The minimum absolute atomic E-state index is 0.168. The molecule has 4 heteroatoms. The van der Waals surface area contributed by atoms with Gasteiger partial charge in [0.05, 0.1) is 5.56 Å². The minimum Gasteiger partial charge on any atom is -0.478 e. The van der Waals surface area contributed by atoms with Crippen molar-refractivity contribution in [1.29, 1.82) is 0 Å². The second-order valence-corrected chi connectivity index (χ2v) is 3.14. The summed E-state index contributed by atoms with van der Waals surface area (Å²) in [7, 11) is 0. The molecule has 0 fully saturated rings. The molecule has 0 atom stereocenters. The van der Waals surface area contributed by atoms with Crippen LogP contribution in [0.25, 0.3) is 0 Å². The van der Waals surface area contributed by atoms with Gasteiger partial charge in [-0.05, 0) is 24.5 Å². The van der Waals surface area contributed by atoms with Crippen LogP contribution in [-0.2, 0) is 0 Å². The average Bonchev–Trinajstić information content (AvgIpc) is 2.05. The fraction of sp³-hybridized carbons (Fsp3) is 0.125. The molecule has 3 N–H and O–H groups in total. The van der Waals surface area contributed by atoms with Crippen molar-refractivity contribution in [2.75, 3.05) is 12.0 Å². The van der Waals surface area contributed by atoms with Gasteiger partial charge in [-0.15, -0.1) is 11.8 Å². The van der Waals surface area contributed by atoms with Gasteiger partial charge in [0.1, 0.15) is 0 Å². The van der Waals surface area contributed by atoms with Crippen LogP contribution in [0, 0.1) is 0 Å². The van der Waals surface area contributed by atoms with Crippen molar-refractivity contribution in [3.8, 4) is 0 Å². The van der Waals surface area contributed by atoms with Gasteiger partial charge >= 0.3 is 5.97 Å². The Morgan fingerprint density at radius 3 is 2.75 bits per heavy atom. The van der Waals surface area contributed by atoms with E-state index in [4.69, 9.17) is 10.8 Å². The second-order valence-electron chi connectivity index (χ2n) is 2.26. The molecule has 1 aromatic carbocycles. The van der Waals surface area contributed by atoms with Crippen molar-refractivity contribution >= 4 is 23.4 Å². The number of aromatic carboxylic acids is 1. The van der Waals surface area contributed by atoms with Crippen LogP contribution < -0.4 is 5.73 Å². The van der Waals surface area contributed by atoms with E-state index < -0.39 is 5.97 Å². The van der Waals surface area contributed by atoms with Crippen molar-refractivity contribution in [3.63, 3.8) is 0 Å². The number of carboxylic acid groups (broad SMARTS) is 1. The first-order valence-corrected chi connectivity index (χ1v) is 4.54. The summed E-state index contributed by atoms with van der Waals surface area (Å²) < 4.78 is 0. The quantitative estimate of drug-likeness (QED) is 0.541. The van der Waals surface area contributed by atoms with Gasteiger partial charge in [0.2, 0.25) is 0 Å². The normalized spacial score (nSPS) is 9.75. The predicted octanol–water partition coefficient (Wildman–Crippen LogP) is 1.69. The zero-order chi connectivity index (χ0) is 9.14. The summed E-state index contributed by atoms with van der Waals surface area (Å²) in [5.74, 6) is -0.983. The van der Waals surface area contributed by atoms with Crippen molar-refractivity contribution in [3.05, 3.63) is 23.8 Å². The molecule has 12 heavy (non-hydrogen) atoms. The van der Waals surface area contributed by atoms with E-state index in [2.05, 4.69) is 0 Å². The average molecular weight is 183 g/mol. The van der Waals surface area contributed by atoms with Crippen LogP contribution in [0.3, 0.4) is 0 Å². The monoisotopic (exact) mass is 183 g/mol. The van der Waals surface area contributed by atoms with Crippen LogP contribution in [0.4, 0.5) is 5.69 Å². The van der Waals surface area contributed by atoms with E-state index in [1.165, 1.54) is 11.8 Å². The Hall–Kier alpha value is -1.16. The summed E-state index contributed by atoms with van der Waals surface area (Å²) in [5.41, 5.74) is 5.93. The minimum atomic E-state index is -0.983. The van der Waals surface area contributed by atoms with Gasteiger partial charge in [-0.3, -0.25) is 0 Å². The van der Waals surface area contributed by atoms with Crippen LogP contribution in [0.1, 0.15) is 10.4 Å². The molecule has 0 aliphatic carbocycles. The van der Waals surface area contributed by atoms with Crippen molar-refractivity contribution in [1.82, 2.24) is 0 Å². The molecule has 0 amide bonds. The highest BCUT2D eigenvalue weighted by Crippen LogP contribution is 2.20. The predicted molar refractivity (Wildman–Crippen MR) is 49.6 cm³/mol. The molecule has 0 bridgehead atoms. The summed E-state index contributed by atoms with van der Waals surface area (Å²) in [6.45, 7) is 0. The Bertz CT molecular complexity index is 312. The third-order valence-corrected chi connectivity index (χ3v) is 2.22. The largest absolute Gasteiger partial charge is 0.478 e. The molecule has 0 radical (unpaired) electrons. The lowest BCUT2D eigenvalue weighted by Gasteiger charge is -2.01. The zero-order valence-corrected chi connectivity index (χ0v) is 7.39. The number of anilines is 1. The molecule has 0 aliphatic rings. The number of carbonyl (C=O) groups is 1. The molecule has 1 rings (SSSR count). The smallest absolute Gasteiger partial charge is 0.337 e. The van der Waals surface area contributed by atoms with Crippen LogP contribution in [0.2, 0.25) is 0 Å². The SMILES string of the molecule is CSc1ccc(N)c(C(=O)O)c1. The molecular weight excluding hydrogens is 174 g/mol. The number of hydrogen-bond donors (Lipinski definition) is 2. The van der Waals surface area contributed by atoms with E-state index in [-0.39, 0.29) is 5.56 Å². The maximum Gasteiger partial charge on any atom is 0.337 e. The number of nitrogens with two attached hydrogens (primary N) is 1.